The van der Waals surface area contributed by atoms with Crippen LogP contribution in [0.5, 0.6) is 0 Å². The summed E-state index contributed by atoms with van der Waals surface area (Å²) in [5.41, 5.74) is 4.55. The molecule has 5 atom stereocenters. The van der Waals surface area contributed by atoms with Gasteiger partial charge in [0.25, 0.3) is 5.91 Å². The number of methoxy groups -OCH3 is 1. The van der Waals surface area contributed by atoms with Crippen molar-refractivity contribution >= 4 is 17.3 Å². The molecule has 1 unspecified atom stereocenters. The number of Topliss-reactive ketones (excluding diaryl/α,β-unsaturated/α-hetero) is 1. The zero-order valence-corrected chi connectivity index (χ0v) is 22.6. The van der Waals surface area contributed by atoms with Crippen LogP contribution in [0, 0.1) is 5.41 Å². The van der Waals surface area contributed by atoms with E-state index in [1.54, 1.807) is 6.08 Å². The van der Waals surface area contributed by atoms with Crippen molar-refractivity contribution in [3.63, 3.8) is 0 Å². The number of carbonyl (C=O) groups is 2. The monoisotopic (exact) mass is 521 g/mol. The van der Waals surface area contributed by atoms with E-state index in [1.165, 1.54) is 13.2 Å². The van der Waals surface area contributed by atoms with Crippen LogP contribution in [0.4, 0.5) is 0 Å². The number of nitrogens with one attached hydrogen (secondary N) is 1. The van der Waals surface area contributed by atoms with Crippen molar-refractivity contribution in [2.24, 2.45) is 5.41 Å². The largest absolute Gasteiger partial charge is 0.387 e. The SMILES string of the molecule is C=C1CC(=O)C(NC(=O)[C@H](OC)[C@H](O)[C@@H](O)[C@H](O)/C=C/C(C)(C)C)CCc2cc(-c3ccccc3)ccc21. The summed E-state index contributed by atoms with van der Waals surface area (Å²) < 4.78 is 5.18. The fraction of sp³-hybridized carbons (Fsp3) is 0.419. The Morgan fingerprint density at radius 2 is 1.76 bits per heavy atom. The molecule has 2 aromatic carbocycles. The van der Waals surface area contributed by atoms with E-state index in [0.29, 0.717) is 18.4 Å². The molecule has 1 aliphatic carbocycles. The number of carbonyl (C=O) groups excluding carboxylic acids is 2. The van der Waals surface area contributed by atoms with Crippen LogP contribution in [-0.4, -0.2) is 64.6 Å². The molecule has 0 fully saturated rings. The van der Waals surface area contributed by atoms with Gasteiger partial charge >= 0.3 is 0 Å². The predicted molar refractivity (Wildman–Crippen MR) is 148 cm³/mol. The van der Waals surface area contributed by atoms with E-state index in [0.717, 1.165) is 22.3 Å². The average Bonchev–Trinajstić information content (AvgIpc) is 2.88. The highest BCUT2D eigenvalue weighted by Crippen LogP contribution is 2.30. The Kier molecular flexibility index (Phi) is 9.79. The van der Waals surface area contributed by atoms with Crippen LogP contribution in [0.3, 0.4) is 0 Å². The van der Waals surface area contributed by atoms with Gasteiger partial charge in [-0.25, -0.2) is 0 Å². The number of aryl methyl sites for hydroxylation is 1. The van der Waals surface area contributed by atoms with Crippen molar-refractivity contribution in [1.29, 1.82) is 0 Å². The molecule has 38 heavy (non-hydrogen) atoms. The minimum Gasteiger partial charge on any atom is -0.387 e. The number of ketones is 1. The second kappa shape index (κ2) is 12.6. The first-order valence-electron chi connectivity index (χ1n) is 12.9. The number of allylic oxidation sites excluding steroid dienone is 2. The Morgan fingerprint density at radius 3 is 2.39 bits per heavy atom. The summed E-state index contributed by atoms with van der Waals surface area (Å²) in [7, 11) is 1.22. The average molecular weight is 522 g/mol. The summed E-state index contributed by atoms with van der Waals surface area (Å²) in [5.74, 6) is -0.937. The van der Waals surface area contributed by atoms with Crippen LogP contribution < -0.4 is 5.32 Å². The predicted octanol–water partition coefficient (Wildman–Crippen LogP) is 3.46. The second-order valence-corrected chi connectivity index (χ2v) is 10.9. The third-order valence-corrected chi connectivity index (χ3v) is 6.70. The van der Waals surface area contributed by atoms with Gasteiger partial charge in [0.2, 0.25) is 0 Å². The standard InChI is InChI=1S/C31H39NO6/c1-19-17-26(34)24(14-12-22-18-21(11-13-23(19)22)20-9-7-6-8-10-20)32-30(37)29(38-5)28(36)27(35)25(33)15-16-31(2,3)4/h6-11,13,15-16,18,24-25,27-29,33,35-36H,1,12,14,17H2,2-5H3,(H,32,37)/b16-15+/t24?,25-,27+,28-,29-/m1/s1. The first kappa shape index (κ1) is 29.5. The number of benzene rings is 2. The van der Waals surface area contributed by atoms with Gasteiger partial charge in [0.05, 0.1) is 6.04 Å². The highest BCUT2D eigenvalue weighted by atomic mass is 16.5. The van der Waals surface area contributed by atoms with E-state index < -0.39 is 36.4 Å². The van der Waals surface area contributed by atoms with E-state index in [1.807, 2.05) is 63.2 Å². The molecule has 7 nitrogen and oxygen atoms in total. The lowest BCUT2D eigenvalue weighted by atomic mass is 9.85. The first-order chi connectivity index (χ1) is 17.9. The van der Waals surface area contributed by atoms with Crippen LogP contribution in [0.25, 0.3) is 16.7 Å². The number of amides is 1. The number of aliphatic hydroxyl groups is 3. The van der Waals surface area contributed by atoms with Gasteiger partial charge in [0, 0.05) is 13.5 Å². The maximum Gasteiger partial charge on any atom is 0.252 e. The van der Waals surface area contributed by atoms with Crippen LogP contribution in [0.1, 0.15) is 44.7 Å². The molecule has 0 bridgehead atoms. The normalized spacial score (nSPS) is 19.7. The number of rotatable bonds is 8. The molecule has 0 aromatic heterocycles. The fourth-order valence-electron chi connectivity index (χ4n) is 4.54. The molecule has 204 valence electrons. The minimum absolute atomic E-state index is 0.0712. The lowest BCUT2D eigenvalue weighted by molar-refractivity contribution is -0.150. The maximum absolute atomic E-state index is 13.1. The molecular weight excluding hydrogens is 482 g/mol. The molecule has 7 heteroatoms. The second-order valence-electron chi connectivity index (χ2n) is 10.9. The smallest absolute Gasteiger partial charge is 0.252 e. The van der Waals surface area contributed by atoms with Gasteiger partial charge in [0.1, 0.15) is 18.3 Å². The lowest BCUT2D eigenvalue weighted by Crippen LogP contribution is -2.54. The molecule has 0 saturated carbocycles. The number of aliphatic hydroxyl groups excluding tert-OH is 3. The summed E-state index contributed by atoms with van der Waals surface area (Å²) in [6.45, 7) is 9.88. The fourth-order valence-corrected chi connectivity index (χ4v) is 4.54. The highest BCUT2D eigenvalue weighted by molar-refractivity contribution is 5.97. The summed E-state index contributed by atoms with van der Waals surface area (Å²) in [6, 6.07) is 15.3. The zero-order valence-electron chi connectivity index (χ0n) is 22.6. The molecule has 0 saturated heterocycles. The van der Waals surface area contributed by atoms with E-state index in [4.69, 9.17) is 4.74 Å². The third-order valence-electron chi connectivity index (χ3n) is 6.70. The lowest BCUT2D eigenvalue weighted by Gasteiger charge is -2.29. The summed E-state index contributed by atoms with van der Waals surface area (Å²) in [4.78, 5) is 26.1. The molecule has 4 N–H and O–H groups in total. The van der Waals surface area contributed by atoms with Gasteiger partial charge in [-0.2, -0.15) is 0 Å². The Hall–Kier alpha value is -3.10. The van der Waals surface area contributed by atoms with Crippen LogP contribution >= 0.6 is 0 Å². The topological polar surface area (TPSA) is 116 Å². The Balaban J connectivity index is 1.74. The van der Waals surface area contributed by atoms with E-state index in [-0.39, 0.29) is 17.6 Å². The van der Waals surface area contributed by atoms with Crippen molar-refractivity contribution in [2.45, 2.75) is 70.5 Å². The summed E-state index contributed by atoms with van der Waals surface area (Å²) in [6.07, 6.45) is -2.23. The quantitative estimate of drug-likeness (QED) is 0.396. The Labute approximate surface area is 224 Å². The number of hydrogen-bond acceptors (Lipinski definition) is 6. The van der Waals surface area contributed by atoms with Gasteiger partial charge in [-0.05, 0) is 46.1 Å². The maximum atomic E-state index is 13.1. The first-order valence-corrected chi connectivity index (χ1v) is 12.9. The molecule has 1 amide bonds. The van der Waals surface area contributed by atoms with Crippen LogP contribution in [0.15, 0.2) is 67.3 Å². The molecule has 2 aromatic rings. The van der Waals surface area contributed by atoms with Gasteiger partial charge < -0.3 is 25.4 Å². The summed E-state index contributed by atoms with van der Waals surface area (Å²) in [5, 5.41) is 34.1. The molecule has 0 aliphatic heterocycles. The Bertz CT molecular complexity index is 1170. The van der Waals surface area contributed by atoms with Crippen molar-refractivity contribution in [2.75, 3.05) is 7.11 Å². The van der Waals surface area contributed by atoms with Crippen molar-refractivity contribution in [3.8, 4) is 11.1 Å². The van der Waals surface area contributed by atoms with Crippen molar-refractivity contribution in [1.82, 2.24) is 5.32 Å². The number of fused-ring (bicyclic) bond motifs is 1. The molecule has 0 radical (unpaired) electrons. The summed E-state index contributed by atoms with van der Waals surface area (Å²) >= 11 is 0. The van der Waals surface area contributed by atoms with Gasteiger partial charge in [-0.15, -0.1) is 0 Å². The molecular formula is C31H39NO6. The van der Waals surface area contributed by atoms with E-state index in [2.05, 4.69) is 18.0 Å². The number of hydrogen-bond donors (Lipinski definition) is 4. The third kappa shape index (κ3) is 7.48. The molecule has 1 aliphatic rings. The van der Waals surface area contributed by atoms with Crippen molar-refractivity contribution in [3.05, 3.63) is 78.4 Å². The Morgan fingerprint density at radius 1 is 1.08 bits per heavy atom. The molecule has 0 spiro atoms. The zero-order chi connectivity index (χ0) is 28.0. The number of ether oxygens (including phenoxy) is 1. The van der Waals surface area contributed by atoms with E-state index >= 15 is 0 Å². The minimum atomic E-state index is -1.72. The molecule has 3 rings (SSSR count). The van der Waals surface area contributed by atoms with Gasteiger partial charge in [-0.1, -0.05) is 88.0 Å². The van der Waals surface area contributed by atoms with Crippen LogP contribution in [0.2, 0.25) is 0 Å². The van der Waals surface area contributed by atoms with Gasteiger partial charge in [0.15, 0.2) is 11.9 Å². The van der Waals surface area contributed by atoms with E-state index in [9.17, 15) is 24.9 Å². The van der Waals surface area contributed by atoms with Crippen LogP contribution in [-0.2, 0) is 20.7 Å². The van der Waals surface area contributed by atoms with Crippen molar-refractivity contribution < 1.29 is 29.6 Å². The van der Waals surface area contributed by atoms with Gasteiger partial charge in [-0.3, -0.25) is 9.59 Å². The molecule has 0 heterocycles. The highest BCUT2D eigenvalue weighted by Gasteiger charge is 2.37.